The second-order valence-corrected chi connectivity index (χ2v) is 5.16. The summed E-state index contributed by atoms with van der Waals surface area (Å²) in [7, 11) is 0. The third-order valence-corrected chi connectivity index (χ3v) is 3.48. The highest BCUT2D eigenvalue weighted by atomic mass is 19.1. The Morgan fingerprint density at radius 1 is 1.28 bits per heavy atom. The molecule has 0 fully saturated rings. The number of rotatable bonds is 4. The van der Waals surface area contributed by atoms with Crippen molar-refractivity contribution in [3.05, 3.63) is 75.1 Å². The molecule has 9 heteroatoms. The smallest absolute Gasteiger partial charge is 0.270 e. The lowest BCUT2D eigenvalue weighted by molar-refractivity contribution is -0.384. The summed E-state index contributed by atoms with van der Waals surface area (Å²) in [5.74, 6) is -1.23. The van der Waals surface area contributed by atoms with E-state index in [4.69, 9.17) is 0 Å². The number of non-ortho nitro benzene ring substituents is 1. The number of carbonyl (C=O) groups is 1. The molecule has 1 heterocycles. The zero-order chi connectivity index (χ0) is 18.0. The Balaban J connectivity index is 1.90. The van der Waals surface area contributed by atoms with Gasteiger partial charge < -0.3 is 5.32 Å². The molecule has 0 saturated carbocycles. The first-order chi connectivity index (χ1) is 12.0. The zero-order valence-corrected chi connectivity index (χ0v) is 12.7. The molecule has 0 unspecified atom stereocenters. The summed E-state index contributed by atoms with van der Waals surface area (Å²) in [5, 5.41) is 13.2. The van der Waals surface area contributed by atoms with E-state index >= 15 is 0 Å². The number of amides is 1. The predicted molar refractivity (Wildman–Crippen MR) is 87.7 cm³/mol. The molecule has 3 rings (SSSR count). The van der Waals surface area contributed by atoms with Crippen molar-refractivity contribution in [2.24, 2.45) is 0 Å². The second-order valence-electron chi connectivity index (χ2n) is 5.16. The summed E-state index contributed by atoms with van der Waals surface area (Å²) in [6, 6.07) is 9.33. The van der Waals surface area contributed by atoms with Gasteiger partial charge in [0, 0.05) is 12.1 Å². The molecule has 1 aromatic heterocycles. The average Bonchev–Trinajstić information content (AvgIpc) is 2.59. The molecule has 0 aliphatic heterocycles. The number of para-hydroxylation sites is 1. The van der Waals surface area contributed by atoms with Gasteiger partial charge in [-0.2, -0.15) is 0 Å². The highest BCUT2D eigenvalue weighted by Crippen LogP contribution is 2.16. The van der Waals surface area contributed by atoms with Crippen molar-refractivity contribution in [3.63, 3.8) is 0 Å². The minimum absolute atomic E-state index is 0.00932. The number of hydrogen-bond acceptors (Lipinski definition) is 5. The molecule has 0 atom stereocenters. The molecule has 2 aromatic carbocycles. The molecular weight excluding hydrogens is 331 g/mol. The molecule has 0 aliphatic rings. The van der Waals surface area contributed by atoms with Crippen LogP contribution in [-0.2, 0) is 11.3 Å². The van der Waals surface area contributed by atoms with Gasteiger partial charge in [-0.1, -0.05) is 12.1 Å². The Labute approximate surface area is 139 Å². The third-order valence-electron chi connectivity index (χ3n) is 3.48. The van der Waals surface area contributed by atoms with Crippen LogP contribution in [-0.4, -0.2) is 20.4 Å². The van der Waals surface area contributed by atoms with Crippen LogP contribution < -0.4 is 10.9 Å². The first kappa shape index (κ1) is 16.2. The maximum absolute atomic E-state index is 13.5. The average molecular weight is 342 g/mol. The van der Waals surface area contributed by atoms with E-state index in [9.17, 15) is 24.1 Å². The number of hydrogen-bond donors (Lipinski definition) is 1. The van der Waals surface area contributed by atoms with Crippen molar-refractivity contribution in [1.29, 1.82) is 0 Å². The molecule has 1 amide bonds. The SMILES string of the molecule is O=C(Cn1cnc2ccc([N+](=O)[O-])cc2c1=O)Nc1ccccc1F. The van der Waals surface area contributed by atoms with Crippen LogP contribution in [0, 0.1) is 15.9 Å². The lowest BCUT2D eigenvalue weighted by atomic mass is 10.2. The summed E-state index contributed by atoms with van der Waals surface area (Å²) in [6.45, 7) is -0.404. The van der Waals surface area contributed by atoms with Crippen LogP contribution in [0.2, 0.25) is 0 Å². The highest BCUT2D eigenvalue weighted by Gasteiger charge is 2.13. The fourth-order valence-electron chi connectivity index (χ4n) is 2.28. The van der Waals surface area contributed by atoms with Gasteiger partial charge in [0.15, 0.2) is 0 Å². The van der Waals surface area contributed by atoms with Crippen LogP contribution in [0.15, 0.2) is 53.6 Å². The number of nitro benzene ring substituents is 1. The van der Waals surface area contributed by atoms with E-state index in [2.05, 4.69) is 10.3 Å². The van der Waals surface area contributed by atoms with Gasteiger partial charge in [0.25, 0.3) is 11.2 Å². The molecule has 3 aromatic rings. The fourth-order valence-corrected chi connectivity index (χ4v) is 2.28. The van der Waals surface area contributed by atoms with E-state index in [0.717, 1.165) is 17.0 Å². The molecule has 8 nitrogen and oxygen atoms in total. The summed E-state index contributed by atoms with van der Waals surface area (Å²) >= 11 is 0. The number of halogens is 1. The Hall–Kier alpha value is -3.62. The third kappa shape index (κ3) is 3.34. The van der Waals surface area contributed by atoms with Crippen LogP contribution in [0.3, 0.4) is 0 Å². The molecule has 1 N–H and O–H groups in total. The van der Waals surface area contributed by atoms with Crippen molar-refractivity contribution in [2.75, 3.05) is 5.32 Å². The summed E-state index contributed by atoms with van der Waals surface area (Å²) in [6.07, 6.45) is 1.16. The van der Waals surface area contributed by atoms with Crippen LogP contribution in [0.25, 0.3) is 10.9 Å². The molecule has 0 spiro atoms. The van der Waals surface area contributed by atoms with Crippen LogP contribution in [0.1, 0.15) is 0 Å². The summed E-state index contributed by atoms with van der Waals surface area (Å²) < 4.78 is 14.5. The maximum Gasteiger partial charge on any atom is 0.270 e. The normalized spacial score (nSPS) is 10.6. The molecule has 126 valence electrons. The number of fused-ring (bicyclic) bond motifs is 1. The first-order valence-electron chi connectivity index (χ1n) is 7.13. The Bertz CT molecular complexity index is 1050. The lowest BCUT2D eigenvalue weighted by Crippen LogP contribution is -2.28. The van der Waals surface area contributed by atoms with Crippen molar-refractivity contribution >= 4 is 28.2 Å². The number of anilines is 1. The van der Waals surface area contributed by atoms with Crippen molar-refractivity contribution in [2.45, 2.75) is 6.54 Å². The lowest BCUT2D eigenvalue weighted by Gasteiger charge is -2.08. The van der Waals surface area contributed by atoms with Gasteiger partial charge in [-0.15, -0.1) is 0 Å². The van der Waals surface area contributed by atoms with E-state index in [1.165, 1.54) is 30.3 Å². The maximum atomic E-state index is 13.5. The van der Waals surface area contributed by atoms with Crippen LogP contribution >= 0.6 is 0 Å². The Kier molecular flexibility index (Phi) is 4.21. The van der Waals surface area contributed by atoms with E-state index in [1.54, 1.807) is 6.07 Å². The van der Waals surface area contributed by atoms with Crippen molar-refractivity contribution in [3.8, 4) is 0 Å². The number of benzene rings is 2. The molecule has 0 radical (unpaired) electrons. The zero-order valence-electron chi connectivity index (χ0n) is 12.7. The van der Waals surface area contributed by atoms with Crippen LogP contribution in [0.4, 0.5) is 15.8 Å². The standard InChI is InChI=1S/C16H11FN4O4/c17-12-3-1-2-4-14(12)19-15(22)8-20-9-18-13-6-5-10(21(24)25)7-11(13)16(20)23/h1-7,9H,8H2,(H,19,22). The Morgan fingerprint density at radius 2 is 2.04 bits per heavy atom. The fraction of sp³-hybridized carbons (Fsp3) is 0.0625. The molecular formula is C16H11FN4O4. The number of nitrogens with one attached hydrogen (secondary N) is 1. The number of nitrogens with zero attached hydrogens (tertiary/aromatic N) is 3. The second kappa shape index (κ2) is 6.48. The van der Waals surface area contributed by atoms with Gasteiger partial charge >= 0.3 is 0 Å². The molecule has 0 aliphatic carbocycles. The van der Waals surface area contributed by atoms with Gasteiger partial charge in [-0.25, -0.2) is 9.37 Å². The summed E-state index contributed by atoms with van der Waals surface area (Å²) in [4.78, 5) is 38.6. The van der Waals surface area contributed by atoms with E-state index in [0.29, 0.717) is 0 Å². The molecule has 0 bridgehead atoms. The Morgan fingerprint density at radius 3 is 2.76 bits per heavy atom. The van der Waals surface area contributed by atoms with Gasteiger partial charge in [-0.05, 0) is 18.2 Å². The van der Waals surface area contributed by atoms with Crippen molar-refractivity contribution in [1.82, 2.24) is 9.55 Å². The topological polar surface area (TPSA) is 107 Å². The number of aromatic nitrogens is 2. The molecule has 25 heavy (non-hydrogen) atoms. The van der Waals surface area contributed by atoms with E-state index < -0.39 is 28.8 Å². The van der Waals surface area contributed by atoms with E-state index in [1.807, 2.05) is 0 Å². The molecule has 0 saturated heterocycles. The predicted octanol–water partition coefficient (Wildman–Crippen LogP) is 2.08. The summed E-state index contributed by atoms with van der Waals surface area (Å²) in [5.41, 5.74) is -0.580. The van der Waals surface area contributed by atoms with E-state index in [-0.39, 0.29) is 22.3 Å². The quantitative estimate of drug-likeness (QED) is 0.577. The van der Waals surface area contributed by atoms with Crippen LogP contribution in [0.5, 0.6) is 0 Å². The van der Waals surface area contributed by atoms with Crippen molar-refractivity contribution < 1.29 is 14.1 Å². The van der Waals surface area contributed by atoms with Gasteiger partial charge in [0.1, 0.15) is 12.4 Å². The minimum atomic E-state index is -0.626. The minimum Gasteiger partial charge on any atom is -0.322 e. The monoisotopic (exact) mass is 342 g/mol. The highest BCUT2D eigenvalue weighted by molar-refractivity contribution is 5.91. The number of nitro groups is 1. The first-order valence-corrected chi connectivity index (χ1v) is 7.13. The van der Waals surface area contributed by atoms with Gasteiger partial charge in [0.2, 0.25) is 5.91 Å². The van der Waals surface area contributed by atoms with Gasteiger partial charge in [-0.3, -0.25) is 24.3 Å². The van der Waals surface area contributed by atoms with Gasteiger partial charge in [0.05, 0.1) is 27.8 Å². The number of carbonyl (C=O) groups excluding carboxylic acids is 1. The largest absolute Gasteiger partial charge is 0.322 e.